The van der Waals surface area contributed by atoms with Crippen LogP contribution in [0, 0.1) is 0 Å². The SMILES string of the molecule is CCN1CCOC(C(NN)c2c(OC)cccc2OC)C1. The van der Waals surface area contributed by atoms with Gasteiger partial charge in [-0.05, 0) is 18.7 Å². The van der Waals surface area contributed by atoms with E-state index in [-0.39, 0.29) is 12.1 Å². The summed E-state index contributed by atoms with van der Waals surface area (Å²) in [6.07, 6.45) is -0.0473. The van der Waals surface area contributed by atoms with Crippen LogP contribution in [0.3, 0.4) is 0 Å². The quantitative estimate of drug-likeness (QED) is 0.601. The fraction of sp³-hybridized carbons (Fsp3) is 0.600. The summed E-state index contributed by atoms with van der Waals surface area (Å²) in [6, 6.07) is 5.52. The van der Waals surface area contributed by atoms with Crippen LogP contribution >= 0.6 is 0 Å². The van der Waals surface area contributed by atoms with E-state index in [1.807, 2.05) is 18.2 Å². The molecule has 2 unspecified atom stereocenters. The minimum absolute atomic E-state index is 0.0473. The second-order valence-electron chi connectivity index (χ2n) is 5.02. The standard InChI is InChI=1S/C15H25N3O3/c1-4-18-8-9-21-13(10-18)15(17-16)14-11(19-2)6-5-7-12(14)20-3/h5-7,13,15,17H,4,8-10,16H2,1-3H3. The number of ether oxygens (including phenoxy) is 3. The zero-order chi connectivity index (χ0) is 15.2. The van der Waals surface area contributed by atoms with Gasteiger partial charge in [-0.3, -0.25) is 16.2 Å². The third kappa shape index (κ3) is 3.47. The second kappa shape index (κ2) is 7.61. The second-order valence-corrected chi connectivity index (χ2v) is 5.02. The van der Waals surface area contributed by atoms with Gasteiger partial charge in [-0.2, -0.15) is 0 Å². The lowest BCUT2D eigenvalue weighted by atomic mass is 9.98. The molecule has 1 fully saturated rings. The molecule has 118 valence electrons. The van der Waals surface area contributed by atoms with Gasteiger partial charge < -0.3 is 14.2 Å². The van der Waals surface area contributed by atoms with Gasteiger partial charge in [0.05, 0.1) is 38.5 Å². The third-order valence-electron chi connectivity index (χ3n) is 3.95. The lowest BCUT2D eigenvalue weighted by Gasteiger charge is -2.37. The molecule has 1 heterocycles. The first kappa shape index (κ1) is 16.0. The van der Waals surface area contributed by atoms with Crippen LogP contribution in [0.5, 0.6) is 11.5 Å². The van der Waals surface area contributed by atoms with Crippen molar-refractivity contribution in [3.05, 3.63) is 23.8 Å². The number of nitrogens with zero attached hydrogens (tertiary/aromatic N) is 1. The van der Waals surface area contributed by atoms with Crippen LogP contribution < -0.4 is 20.7 Å². The number of methoxy groups -OCH3 is 2. The van der Waals surface area contributed by atoms with E-state index in [1.165, 1.54) is 0 Å². The molecular formula is C15H25N3O3. The number of benzene rings is 1. The molecule has 0 aromatic heterocycles. The highest BCUT2D eigenvalue weighted by Gasteiger charge is 2.32. The number of hydrogen-bond donors (Lipinski definition) is 2. The number of hydrazine groups is 1. The molecule has 0 aliphatic carbocycles. The zero-order valence-electron chi connectivity index (χ0n) is 13.0. The molecule has 2 rings (SSSR count). The molecule has 6 nitrogen and oxygen atoms in total. The Balaban J connectivity index is 2.32. The molecule has 1 aromatic rings. The van der Waals surface area contributed by atoms with Crippen molar-refractivity contribution >= 4 is 0 Å². The Morgan fingerprint density at radius 2 is 2.05 bits per heavy atom. The van der Waals surface area contributed by atoms with E-state index in [1.54, 1.807) is 14.2 Å². The molecular weight excluding hydrogens is 270 g/mol. The van der Waals surface area contributed by atoms with Crippen molar-refractivity contribution in [2.45, 2.75) is 19.1 Å². The smallest absolute Gasteiger partial charge is 0.127 e. The normalized spacial score (nSPS) is 21.0. The number of likely N-dealkylation sites (N-methyl/N-ethyl adjacent to an activating group) is 1. The summed E-state index contributed by atoms with van der Waals surface area (Å²) in [5.41, 5.74) is 3.77. The topological polar surface area (TPSA) is 69.0 Å². The molecule has 0 spiro atoms. The van der Waals surface area contributed by atoms with E-state index in [0.29, 0.717) is 6.61 Å². The van der Waals surface area contributed by atoms with Crippen molar-refractivity contribution in [3.8, 4) is 11.5 Å². The monoisotopic (exact) mass is 295 g/mol. The fourth-order valence-electron chi connectivity index (χ4n) is 2.78. The molecule has 21 heavy (non-hydrogen) atoms. The van der Waals surface area contributed by atoms with E-state index < -0.39 is 0 Å². The minimum atomic E-state index is -0.189. The molecule has 0 amide bonds. The highest BCUT2D eigenvalue weighted by Crippen LogP contribution is 2.36. The van der Waals surface area contributed by atoms with Gasteiger partial charge >= 0.3 is 0 Å². The molecule has 1 aliphatic rings. The minimum Gasteiger partial charge on any atom is -0.496 e. The van der Waals surface area contributed by atoms with Crippen molar-refractivity contribution < 1.29 is 14.2 Å². The van der Waals surface area contributed by atoms with Crippen LogP contribution in [0.4, 0.5) is 0 Å². The molecule has 1 aliphatic heterocycles. The zero-order valence-corrected chi connectivity index (χ0v) is 13.0. The van der Waals surface area contributed by atoms with E-state index in [4.69, 9.17) is 20.1 Å². The van der Waals surface area contributed by atoms with Crippen molar-refractivity contribution in [2.75, 3.05) is 40.5 Å². The summed E-state index contributed by atoms with van der Waals surface area (Å²) >= 11 is 0. The van der Waals surface area contributed by atoms with Crippen molar-refractivity contribution in [3.63, 3.8) is 0 Å². The molecule has 6 heteroatoms. The summed E-state index contributed by atoms with van der Waals surface area (Å²) in [6.45, 7) is 5.63. The van der Waals surface area contributed by atoms with E-state index >= 15 is 0 Å². The number of nitrogens with two attached hydrogens (primary N) is 1. The maximum absolute atomic E-state index is 5.92. The van der Waals surface area contributed by atoms with E-state index in [2.05, 4.69) is 17.2 Å². The van der Waals surface area contributed by atoms with E-state index in [0.717, 1.165) is 36.7 Å². The molecule has 1 aromatic carbocycles. The maximum Gasteiger partial charge on any atom is 0.127 e. The Morgan fingerprint density at radius 1 is 1.38 bits per heavy atom. The molecule has 0 radical (unpaired) electrons. The summed E-state index contributed by atoms with van der Waals surface area (Å²) < 4.78 is 16.9. The Morgan fingerprint density at radius 3 is 2.57 bits per heavy atom. The van der Waals surface area contributed by atoms with Gasteiger partial charge in [0, 0.05) is 13.1 Å². The molecule has 1 saturated heterocycles. The van der Waals surface area contributed by atoms with Gasteiger partial charge in [-0.25, -0.2) is 0 Å². The van der Waals surface area contributed by atoms with Gasteiger partial charge in [-0.15, -0.1) is 0 Å². The van der Waals surface area contributed by atoms with Gasteiger partial charge in [0.25, 0.3) is 0 Å². The average Bonchev–Trinajstić information content (AvgIpc) is 2.55. The van der Waals surface area contributed by atoms with Crippen LogP contribution in [0.1, 0.15) is 18.5 Å². The molecule has 2 atom stereocenters. The van der Waals surface area contributed by atoms with E-state index in [9.17, 15) is 0 Å². The Bertz CT molecular complexity index is 434. The molecule has 0 saturated carbocycles. The predicted octanol–water partition coefficient (Wildman–Crippen LogP) is 0.929. The van der Waals surface area contributed by atoms with Crippen LogP contribution in [-0.2, 0) is 4.74 Å². The lowest BCUT2D eigenvalue weighted by molar-refractivity contribution is -0.0462. The molecule has 0 bridgehead atoms. The lowest BCUT2D eigenvalue weighted by Crippen LogP contribution is -2.49. The Labute approximate surface area is 126 Å². The summed E-state index contributed by atoms with van der Waals surface area (Å²) in [4.78, 5) is 2.35. The van der Waals surface area contributed by atoms with Crippen molar-refractivity contribution in [2.24, 2.45) is 5.84 Å². The van der Waals surface area contributed by atoms with Crippen LogP contribution in [0.15, 0.2) is 18.2 Å². The van der Waals surface area contributed by atoms with Gasteiger partial charge in [0.1, 0.15) is 11.5 Å². The maximum atomic E-state index is 5.92. The average molecular weight is 295 g/mol. The summed E-state index contributed by atoms with van der Waals surface area (Å²) in [5, 5.41) is 0. The van der Waals surface area contributed by atoms with Gasteiger partial charge in [0.2, 0.25) is 0 Å². The molecule has 3 N–H and O–H groups in total. The van der Waals surface area contributed by atoms with Crippen LogP contribution in [0.2, 0.25) is 0 Å². The number of rotatable bonds is 6. The third-order valence-corrected chi connectivity index (χ3v) is 3.95. The highest BCUT2D eigenvalue weighted by molar-refractivity contribution is 5.47. The van der Waals surface area contributed by atoms with Gasteiger partial charge in [-0.1, -0.05) is 13.0 Å². The first-order valence-electron chi connectivity index (χ1n) is 7.26. The summed E-state index contributed by atoms with van der Waals surface area (Å²) in [7, 11) is 3.29. The van der Waals surface area contributed by atoms with Crippen LogP contribution in [-0.4, -0.2) is 51.5 Å². The first-order valence-corrected chi connectivity index (χ1v) is 7.26. The first-order chi connectivity index (χ1) is 10.2. The Kier molecular flexibility index (Phi) is 5.81. The highest BCUT2D eigenvalue weighted by atomic mass is 16.5. The number of hydrogen-bond acceptors (Lipinski definition) is 6. The van der Waals surface area contributed by atoms with Crippen molar-refractivity contribution in [1.82, 2.24) is 10.3 Å². The predicted molar refractivity (Wildman–Crippen MR) is 81.5 cm³/mol. The Hall–Kier alpha value is -1.34. The van der Waals surface area contributed by atoms with Gasteiger partial charge in [0.15, 0.2) is 0 Å². The largest absolute Gasteiger partial charge is 0.496 e. The fourth-order valence-corrected chi connectivity index (χ4v) is 2.78. The number of morpholine rings is 1. The number of nitrogens with one attached hydrogen (secondary N) is 1. The van der Waals surface area contributed by atoms with Crippen molar-refractivity contribution in [1.29, 1.82) is 0 Å². The van der Waals surface area contributed by atoms with Crippen LogP contribution in [0.25, 0.3) is 0 Å². The summed E-state index contributed by atoms with van der Waals surface area (Å²) in [5.74, 6) is 7.30.